The first kappa shape index (κ1) is 13.4. The Balaban J connectivity index is 3.80. The summed E-state index contributed by atoms with van der Waals surface area (Å²) in [4.78, 5) is 2.41. The van der Waals surface area contributed by atoms with Gasteiger partial charge in [-0.05, 0) is 13.3 Å². The van der Waals surface area contributed by atoms with E-state index in [2.05, 4.69) is 31.9 Å². The van der Waals surface area contributed by atoms with Crippen molar-refractivity contribution in [3.63, 3.8) is 0 Å². The number of hydrogen-bond acceptors (Lipinski definition) is 1. The third-order valence-corrected chi connectivity index (χ3v) is 2.58. The standard InChI is InChI=1S/C13H25N/c1-5-8-9-10-13(4)14(11-6-2)12-7-3/h6-7,13H,2-3,5,8-12H2,1,4H3. The summed E-state index contributed by atoms with van der Waals surface area (Å²) in [6.07, 6.45) is 9.22. The molecule has 0 bridgehead atoms. The summed E-state index contributed by atoms with van der Waals surface area (Å²) in [7, 11) is 0. The van der Waals surface area contributed by atoms with Gasteiger partial charge in [-0.2, -0.15) is 0 Å². The van der Waals surface area contributed by atoms with Crippen LogP contribution in [0.5, 0.6) is 0 Å². The summed E-state index contributed by atoms with van der Waals surface area (Å²) in [6.45, 7) is 14.1. The maximum absolute atomic E-state index is 3.79. The average molecular weight is 195 g/mol. The Kier molecular flexibility index (Phi) is 8.65. The van der Waals surface area contributed by atoms with Crippen molar-refractivity contribution < 1.29 is 0 Å². The Labute approximate surface area is 89.5 Å². The van der Waals surface area contributed by atoms with Crippen LogP contribution in [0.3, 0.4) is 0 Å². The van der Waals surface area contributed by atoms with Crippen molar-refractivity contribution in [3.05, 3.63) is 25.3 Å². The highest BCUT2D eigenvalue weighted by molar-refractivity contribution is 4.82. The predicted molar refractivity (Wildman–Crippen MR) is 65.6 cm³/mol. The molecule has 0 amide bonds. The van der Waals surface area contributed by atoms with E-state index >= 15 is 0 Å². The number of nitrogens with zero attached hydrogens (tertiary/aromatic N) is 1. The topological polar surface area (TPSA) is 3.24 Å². The lowest BCUT2D eigenvalue weighted by Crippen LogP contribution is -2.33. The van der Waals surface area contributed by atoms with Crippen molar-refractivity contribution in [3.8, 4) is 0 Å². The van der Waals surface area contributed by atoms with E-state index in [9.17, 15) is 0 Å². The molecule has 0 aliphatic rings. The van der Waals surface area contributed by atoms with E-state index in [0.717, 1.165) is 13.1 Å². The quantitative estimate of drug-likeness (QED) is 0.401. The molecule has 0 aromatic heterocycles. The fourth-order valence-electron chi connectivity index (χ4n) is 1.64. The van der Waals surface area contributed by atoms with Crippen molar-refractivity contribution in [2.24, 2.45) is 0 Å². The molecule has 14 heavy (non-hydrogen) atoms. The number of hydrogen-bond donors (Lipinski definition) is 0. The van der Waals surface area contributed by atoms with E-state index in [1.54, 1.807) is 0 Å². The lowest BCUT2D eigenvalue weighted by molar-refractivity contribution is 0.240. The van der Waals surface area contributed by atoms with E-state index < -0.39 is 0 Å². The molecule has 1 heteroatoms. The van der Waals surface area contributed by atoms with Crippen LogP contribution in [0.4, 0.5) is 0 Å². The minimum absolute atomic E-state index is 0.651. The van der Waals surface area contributed by atoms with Gasteiger partial charge in [0, 0.05) is 19.1 Å². The van der Waals surface area contributed by atoms with Gasteiger partial charge in [0.15, 0.2) is 0 Å². The van der Waals surface area contributed by atoms with Gasteiger partial charge in [-0.15, -0.1) is 13.2 Å². The van der Waals surface area contributed by atoms with Crippen LogP contribution in [0.1, 0.15) is 39.5 Å². The average Bonchev–Trinajstić information content (AvgIpc) is 2.18. The summed E-state index contributed by atoms with van der Waals surface area (Å²) >= 11 is 0. The van der Waals surface area contributed by atoms with Crippen LogP contribution in [-0.4, -0.2) is 24.0 Å². The van der Waals surface area contributed by atoms with Crippen LogP contribution >= 0.6 is 0 Å². The molecule has 0 heterocycles. The monoisotopic (exact) mass is 195 g/mol. The van der Waals surface area contributed by atoms with Crippen LogP contribution in [0, 0.1) is 0 Å². The zero-order valence-electron chi connectivity index (χ0n) is 9.84. The molecular weight excluding hydrogens is 170 g/mol. The van der Waals surface area contributed by atoms with Gasteiger partial charge in [0.25, 0.3) is 0 Å². The molecule has 1 unspecified atom stereocenters. The minimum atomic E-state index is 0.651. The minimum Gasteiger partial charge on any atom is -0.293 e. The van der Waals surface area contributed by atoms with E-state index in [1.165, 1.54) is 25.7 Å². The van der Waals surface area contributed by atoms with Gasteiger partial charge in [-0.25, -0.2) is 0 Å². The van der Waals surface area contributed by atoms with Crippen molar-refractivity contribution in [2.45, 2.75) is 45.6 Å². The van der Waals surface area contributed by atoms with E-state index in [4.69, 9.17) is 0 Å². The van der Waals surface area contributed by atoms with Gasteiger partial charge >= 0.3 is 0 Å². The molecule has 0 radical (unpaired) electrons. The summed E-state index contributed by atoms with van der Waals surface area (Å²) in [5, 5.41) is 0. The maximum Gasteiger partial charge on any atom is 0.0166 e. The van der Waals surface area contributed by atoms with E-state index in [1.807, 2.05) is 12.2 Å². The Hall–Kier alpha value is -0.560. The lowest BCUT2D eigenvalue weighted by Gasteiger charge is -2.26. The van der Waals surface area contributed by atoms with Crippen molar-refractivity contribution >= 4 is 0 Å². The summed E-state index contributed by atoms with van der Waals surface area (Å²) in [5.41, 5.74) is 0. The maximum atomic E-state index is 3.79. The molecule has 0 saturated carbocycles. The first-order valence-electron chi connectivity index (χ1n) is 5.72. The van der Waals surface area contributed by atoms with Gasteiger partial charge in [0.05, 0.1) is 0 Å². The van der Waals surface area contributed by atoms with Gasteiger partial charge in [-0.3, -0.25) is 4.90 Å². The molecule has 0 N–H and O–H groups in total. The fraction of sp³-hybridized carbons (Fsp3) is 0.692. The molecule has 0 aromatic carbocycles. The molecule has 0 aliphatic carbocycles. The van der Waals surface area contributed by atoms with Crippen molar-refractivity contribution in [1.82, 2.24) is 4.90 Å². The molecule has 0 rings (SSSR count). The van der Waals surface area contributed by atoms with Crippen LogP contribution in [0.15, 0.2) is 25.3 Å². The summed E-state index contributed by atoms with van der Waals surface area (Å²) in [6, 6.07) is 0.651. The van der Waals surface area contributed by atoms with Gasteiger partial charge in [0.1, 0.15) is 0 Å². The lowest BCUT2D eigenvalue weighted by atomic mass is 10.1. The second-order valence-corrected chi connectivity index (χ2v) is 3.88. The molecule has 1 atom stereocenters. The third kappa shape index (κ3) is 5.98. The Morgan fingerprint density at radius 3 is 2.14 bits per heavy atom. The third-order valence-electron chi connectivity index (χ3n) is 2.58. The SMILES string of the molecule is C=CCN(CC=C)C(C)CCCCC. The Bertz CT molecular complexity index is 141. The van der Waals surface area contributed by atoms with Crippen molar-refractivity contribution in [1.29, 1.82) is 0 Å². The van der Waals surface area contributed by atoms with Gasteiger partial charge in [-0.1, -0.05) is 38.3 Å². The van der Waals surface area contributed by atoms with Gasteiger partial charge in [0.2, 0.25) is 0 Å². The zero-order valence-corrected chi connectivity index (χ0v) is 9.84. The van der Waals surface area contributed by atoms with Gasteiger partial charge < -0.3 is 0 Å². The van der Waals surface area contributed by atoms with Crippen LogP contribution < -0.4 is 0 Å². The molecule has 82 valence electrons. The van der Waals surface area contributed by atoms with Crippen molar-refractivity contribution in [2.75, 3.05) is 13.1 Å². The van der Waals surface area contributed by atoms with Crippen LogP contribution in [0.25, 0.3) is 0 Å². The molecular formula is C13H25N. The molecule has 0 aromatic rings. The predicted octanol–water partition coefficient (Wildman–Crippen LogP) is 3.63. The smallest absolute Gasteiger partial charge is 0.0166 e. The Morgan fingerprint density at radius 2 is 1.71 bits per heavy atom. The molecule has 0 aliphatic heterocycles. The molecule has 0 fully saturated rings. The largest absolute Gasteiger partial charge is 0.293 e. The van der Waals surface area contributed by atoms with E-state index in [-0.39, 0.29) is 0 Å². The molecule has 0 saturated heterocycles. The highest BCUT2D eigenvalue weighted by atomic mass is 15.1. The zero-order chi connectivity index (χ0) is 10.8. The Morgan fingerprint density at radius 1 is 1.14 bits per heavy atom. The summed E-state index contributed by atoms with van der Waals surface area (Å²) < 4.78 is 0. The molecule has 0 spiro atoms. The summed E-state index contributed by atoms with van der Waals surface area (Å²) in [5.74, 6) is 0. The van der Waals surface area contributed by atoms with Crippen LogP contribution in [-0.2, 0) is 0 Å². The highest BCUT2D eigenvalue weighted by Crippen LogP contribution is 2.09. The second kappa shape index (κ2) is 9.01. The number of unbranched alkanes of at least 4 members (excludes halogenated alkanes) is 2. The highest BCUT2D eigenvalue weighted by Gasteiger charge is 2.09. The second-order valence-electron chi connectivity index (χ2n) is 3.88. The first-order valence-corrected chi connectivity index (χ1v) is 5.72. The fourth-order valence-corrected chi connectivity index (χ4v) is 1.64. The van der Waals surface area contributed by atoms with Crippen LogP contribution in [0.2, 0.25) is 0 Å². The number of rotatable bonds is 9. The molecule has 1 nitrogen and oxygen atoms in total. The normalized spacial score (nSPS) is 12.8. The first-order chi connectivity index (χ1) is 6.76. The van der Waals surface area contributed by atoms with E-state index in [0.29, 0.717) is 6.04 Å².